The Bertz CT molecular complexity index is 1070. The highest BCUT2D eigenvalue weighted by Crippen LogP contribution is 2.35. The molecule has 0 radical (unpaired) electrons. The number of rotatable bonds is 5. The molecular formula is C20H24N6. The minimum absolute atomic E-state index is 0.382. The predicted molar refractivity (Wildman–Crippen MR) is 103 cm³/mol. The number of hydrogen-bond donors (Lipinski definition) is 1. The zero-order chi connectivity index (χ0) is 18.3. The Morgan fingerprint density at radius 1 is 1.08 bits per heavy atom. The maximum absolute atomic E-state index is 4.76. The molecule has 134 valence electrons. The van der Waals surface area contributed by atoms with E-state index in [0.717, 1.165) is 40.5 Å². The van der Waals surface area contributed by atoms with Crippen LogP contribution in [0.1, 0.15) is 50.4 Å². The standard InChI is InChI=1S/C20H24N6/c1-5-6-7-14-8-21-12-18-15(14)10-24-26(18)20(3,4)19-13(2)22-11-17-16(19)9-23-25-17/h8-12H,5-7H2,1-4H3,(H,23,25). The highest BCUT2D eigenvalue weighted by Gasteiger charge is 2.30. The molecule has 26 heavy (non-hydrogen) atoms. The van der Waals surface area contributed by atoms with Crippen molar-refractivity contribution in [2.24, 2.45) is 0 Å². The first-order valence-electron chi connectivity index (χ1n) is 9.14. The van der Waals surface area contributed by atoms with E-state index in [0.29, 0.717) is 0 Å². The maximum atomic E-state index is 4.76. The van der Waals surface area contributed by atoms with E-state index in [1.165, 1.54) is 17.4 Å². The lowest BCUT2D eigenvalue weighted by Gasteiger charge is -2.28. The van der Waals surface area contributed by atoms with Crippen molar-refractivity contribution in [3.63, 3.8) is 0 Å². The molecule has 4 aromatic rings. The van der Waals surface area contributed by atoms with E-state index in [4.69, 9.17) is 5.10 Å². The summed E-state index contributed by atoms with van der Waals surface area (Å²) in [6.07, 6.45) is 12.9. The summed E-state index contributed by atoms with van der Waals surface area (Å²) in [7, 11) is 0. The van der Waals surface area contributed by atoms with Crippen LogP contribution in [0.15, 0.2) is 31.0 Å². The van der Waals surface area contributed by atoms with Gasteiger partial charge in [0, 0.05) is 28.2 Å². The van der Waals surface area contributed by atoms with E-state index in [9.17, 15) is 0 Å². The molecule has 0 saturated heterocycles. The van der Waals surface area contributed by atoms with Crippen molar-refractivity contribution in [1.29, 1.82) is 0 Å². The summed E-state index contributed by atoms with van der Waals surface area (Å²) in [5, 5.41) is 14.3. The van der Waals surface area contributed by atoms with Gasteiger partial charge < -0.3 is 0 Å². The van der Waals surface area contributed by atoms with E-state index in [-0.39, 0.29) is 5.54 Å². The second kappa shape index (κ2) is 6.20. The quantitative estimate of drug-likeness (QED) is 0.588. The largest absolute Gasteiger partial charge is 0.276 e. The number of nitrogens with zero attached hydrogens (tertiary/aromatic N) is 5. The van der Waals surface area contributed by atoms with Gasteiger partial charge in [-0.1, -0.05) is 13.3 Å². The van der Waals surface area contributed by atoms with Crippen LogP contribution in [0, 0.1) is 6.92 Å². The first-order valence-corrected chi connectivity index (χ1v) is 9.14. The van der Waals surface area contributed by atoms with E-state index >= 15 is 0 Å². The SMILES string of the molecule is CCCCc1cncc2c1cnn2C(C)(C)c1c(C)ncc2[nH]ncc12. The molecule has 0 unspecified atom stereocenters. The average molecular weight is 348 g/mol. The fourth-order valence-electron chi connectivity index (χ4n) is 3.90. The lowest BCUT2D eigenvalue weighted by molar-refractivity contribution is 0.404. The topological polar surface area (TPSA) is 72.3 Å². The Hall–Kier alpha value is -2.76. The number of H-pyrrole nitrogens is 1. The number of pyridine rings is 2. The highest BCUT2D eigenvalue weighted by atomic mass is 15.3. The number of unbranched alkanes of at least 4 members (excludes halogenated alkanes) is 1. The maximum Gasteiger partial charge on any atom is 0.0878 e. The smallest absolute Gasteiger partial charge is 0.0878 e. The zero-order valence-corrected chi connectivity index (χ0v) is 15.7. The third-order valence-corrected chi connectivity index (χ3v) is 5.21. The molecule has 0 spiro atoms. The molecule has 0 aliphatic heterocycles. The summed E-state index contributed by atoms with van der Waals surface area (Å²) in [5.41, 5.74) is 5.01. The normalized spacial score (nSPS) is 12.3. The van der Waals surface area contributed by atoms with Gasteiger partial charge in [-0.25, -0.2) is 0 Å². The van der Waals surface area contributed by atoms with Gasteiger partial charge in [0.05, 0.1) is 41.4 Å². The van der Waals surface area contributed by atoms with Gasteiger partial charge in [-0.3, -0.25) is 19.7 Å². The van der Waals surface area contributed by atoms with E-state index in [1.54, 1.807) is 0 Å². The number of hydrogen-bond acceptors (Lipinski definition) is 4. The zero-order valence-electron chi connectivity index (χ0n) is 15.7. The van der Waals surface area contributed by atoms with E-state index in [2.05, 4.69) is 45.6 Å². The summed E-state index contributed by atoms with van der Waals surface area (Å²) in [6, 6.07) is 0. The van der Waals surface area contributed by atoms with Gasteiger partial charge in [-0.15, -0.1) is 0 Å². The lowest BCUT2D eigenvalue weighted by Crippen LogP contribution is -2.30. The Morgan fingerprint density at radius 2 is 1.92 bits per heavy atom. The molecule has 0 atom stereocenters. The van der Waals surface area contributed by atoms with Crippen LogP contribution in [-0.4, -0.2) is 29.9 Å². The van der Waals surface area contributed by atoms with Crippen molar-refractivity contribution < 1.29 is 0 Å². The van der Waals surface area contributed by atoms with Crippen LogP contribution in [0.3, 0.4) is 0 Å². The van der Waals surface area contributed by atoms with Crippen molar-refractivity contribution in [2.45, 2.75) is 52.5 Å². The molecule has 0 aromatic carbocycles. The highest BCUT2D eigenvalue weighted by molar-refractivity contribution is 5.84. The van der Waals surface area contributed by atoms with Crippen molar-refractivity contribution in [1.82, 2.24) is 29.9 Å². The van der Waals surface area contributed by atoms with Crippen LogP contribution >= 0.6 is 0 Å². The minimum Gasteiger partial charge on any atom is -0.276 e. The van der Waals surface area contributed by atoms with Crippen molar-refractivity contribution in [2.75, 3.05) is 0 Å². The predicted octanol–water partition coefficient (Wildman–Crippen LogP) is 4.14. The van der Waals surface area contributed by atoms with Gasteiger partial charge in [-0.2, -0.15) is 10.2 Å². The van der Waals surface area contributed by atoms with Crippen LogP contribution in [0.4, 0.5) is 0 Å². The summed E-state index contributed by atoms with van der Waals surface area (Å²) >= 11 is 0. The number of aromatic amines is 1. The van der Waals surface area contributed by atoms with Crippen molar-refractivity contribution >= 4 is 21.8 Å². The lowest BCUT2D eigenvalue weighted by atomic mass is 9.90. The van der Waals surface area contributed by atoms with Gasteiger partial charge in [0.2, 0.25) is 0 Å². The first kappa shape index (κ1) is 16.7. The molecule has 4 rings (SSSR count). The summed E-state index contributed by atoms with van der Waals surface area (Å²) < 4.78 is 2.07. The molecular weight excluding hydrogens is 324 g/mol. The molecule has 0 aliphatic rings. The molecule has 4 heterocycles. The number of aromatic nitrogens is 6. The van der Waals surface area contributed by atoms with Crippen molar-refractivity contribution in [3.8, 4) is 0 Å². The molecule has 6 heteroatoms. The average Bonchev–Trinajstić information content (AvgIpc) is 3.26. The molecule has 0 aliphatic carbocycles. The third kappa shape index (κ3) is 2.48. The molecule has 0 bridgehead atoms. The molecule has 4 aromatic heterocycles. The second-order valence-corrected chi connectivity index (χ2v) is 7.37. The summed E-state index contributed by atoms with van der Waals surface area (Å²) in [6.45, 7) is 8.60. The Morgan fingerprint density at radius 3 is 2.73 bits per heavy atom. The van der Waals surface area contributed by atoms with Crippen LogP contribution < -0.4 is 0 Å². The van der Waals surface area contributed by atoms with Crippen molar-refractivity contribution in [3.05, 3.63) is 47.8 Å². The first-order chi connectivity index (χ1) is 12.5. The fourth-order valence-corrected chi connectivity index (χ4v) is 3.90. The fraction of sp³-hybridized carbons (Fsp3) is 0.400. The molecule has 0 fully saturated rings. The van der Waals surface area contributed by atoms with E-state index < -0.39 is 0 Å². The van der Waals surface area contributed by atoms with Crippen LogP contribution in [-0.2, 0) is 12.0 Å². The number of nitrogens with one attached hydrogen (secondary N) is 1. The number of fused-ring (bicyclic) bond motifs is 2. The minimum atomic E-state index is -0.382. The van der Waals surface area contributed by atoms with Gasteiger partial charge in [0.25, 0.3) is 0 Å². The molecule has 1 N–H and O–H groups in total. The third-order valence-electron chi connectivity index (χ3n) is 5.21. The molecule has 0 amide bonds. The Labute approximate surface area is 152 Å². The van der Waals surface area contributed by atoms with Gasteiger partial charge in [0.15, 0.2) is 0 Å². The van der Waals surface area contributed by atoms with Crippen LogP contribution in [0.2, 0.25) is 0 Å². The van der Waals surface area contributed by atoms with E-state index in [1.807, 2.05) is 37.9 Å². The molecule has 6 nitrogen and oxygen atoms in total. The van der Waals surface area contributed by atoms with Crippen LogP contribution in [0.5, 0.6) is 0 Å². The van der Waals surface area contributed by atoms with Crippen LogP contribution in [0.25, 0.3) is 21.8 Å². The summed E-state index contributed by atoms with van der Waals surface area (Å²) in [4.78, 5) is 9.05. The van der Waals surface area contributed by atoms with Gasteiger partial charge >= 0.3 is 0 Å². The summed E-state index contributed by atoms with van der Waals surface area (Å²) in [5.74, 6) is 0. The Balaban J connectivity index is 1.91. The van der Waals surface area contributed by atoms with Gasteiger partial charge in [-0.05, 0) is 39.2 Å². The van der Waals surface area contributed by atoms with Gasteiger partial charge in [0.1, 0.15) is 0 Å². The second-order valence-electron chi connectivity index (χ2n) is 7.37. The Kier molecular flexibility index (Phi) is 3.98. The molecule has 0 saturated carbocycles. The number of aryl methyl sites for hydroxylation is 2. The monoisotopic (exact) mass is 348 g/mol.